The van der Waals surface area contributed by atoms with E-state index in [1.165, 1.54) is 5.56 Å². The Hall–Kier alpha value is -1.98. The van der Waals surface area contributed by atoms with Crippen LogP contribution in [0.15, 0.2) is 40.4 Å². The van der Waals surface area contributed by atoms with Crippen LogP contribution >= 0.6 is 22.7 Å². The van der Waals surface area contributed by atoms with Crippen LogP contribution in [-0.2, 0) is 11.2 Å². The van der Waals surface area contributed by atoms with Gasteiger partial charge in [-0.3, -0.25) is 4.79 Å². The van der Waals surface area contributed by atoms with Gasteiger partial charge in [0.1, 0.15) is 5.01 Å². The maximum absolute atomic E-state index is 11.4. The SMILES string of the molecule is O=C1Cc2cc(-c3csc(-c4ccsc4)n3)ccc2N1. The minimum Gasteiger partial charge on any atom is -0.326 e. The molecule has 0 radical (unpaired) electrons. The lowest BCUT2D eigenvalue weighted by atomic mass is 10.1. The molecule has 0 spiro atoms. The van der Waals surface area contributed by atoms with Crippen LogP contribution in [0.3, 0.4) is 0 Å². The number of nitrogens with one attached hydrogen (secondary N) is 1. The molecule has 3 aromatic rings. The van der Waals surface area contributed by atoms with E-state index in [1.54, 1.807) is 22.7 Å². The van der Waals surface area contributed by atoms with Crippen LogP contribution in [0, 0.1) is 0 Å². The minimum atomic E-state index is 0.0642. The Labute approximate surface area is 123 Å². The number of rotatable bonds is 2. The summed E-state index contributed by atoms with van der Waals surface area (Å²) in [6, 6.07) is 8.11. The molecule has 0 unspecified atom stereocenters. The number of nitrogens with zero attached hydrogens (tertiary/aromatic N) is 1. The Kier molecular flexibility index (Phi) is 2.68. The highest BCUT2D eigenvalue weighted by atomic mass is 32.1. The quantitative estimate of drug-likeness (QED) is 0.776. The van der Waals surface area contributed by atoms with Crippen molar-refractivity contribution in [3.63, 3.8) is 0 Å². The maximum Gasteiger partial charge on any atom is 0.228 e. The predicted octanol–water partition coefficient (Wildman–Crippen LogP) is 4.03. The van der Waals surface area contributed by atoms with Gasteiger partial charge in [0.2, 0.25) is 5.91 Å². The Morgan fingerprint density at radius 2 is 2.10 bits per heavy atom. The third kappa shape index (κ3) is 1.95. The summed E-state index contributed by atoms with van der Waals surface area (Å²) in [6.07, 6.45) is 0.463. The summed E-state index contributed by atoms with van der Waals surface area (Å²) >= 11 is 3.33. The first-order valence-corrected chi connectivity index (χ1v) is 8.03. The molecule has 0 atom stereocenters. The first-order valence-electron chi connectivity index (χ1n) is 6.21. The van der Waals surface area contributed by atoms with Crippen molar-refractivity contribution in [2.75, 3.05) is 5.32 Å². The number of benzene rings is 1. The lowest BCUT2D eigenvalue weighted by Gasteiger charge is -2.01. The number of hydrogen-bond acceptors (Lipinski definition) is 4. The molecule has 1 N–H and O–H groups in total. The van der Waals surface area contributed by atoms with Gasteiger partial charge in [0.05, 0.1) is 12.1 Å². The third-order valence-corrected chi connectivity index (χ3v) is 4.87. The summed E-state index contributed by atoms with van der Waals surface area (Å²) in [7, 11) is 0. The summed E-state index contributed by atoms with van der Waals surface area (Å²) in [5.74, 6) is 0.0642. The number of thiazole rings is 1. The van der Waals surface area contributed by atoms with E-state index < -0.39 is 0 Å². The van der Waals surface area contributed by atoms with E-state index in [4.69, 9.17) is 0 Å². The number of amides is 1. The molecule has 4 rings (SSSR count). The van der Waals surface area contributed by atoms with Crippen LogP contribution in [0.25, 0.3) is 21.8 Å². The fourth-order valence-electron chi connectivity index (χ4n) is 2.31. The van der Waals surface area contributed by atoms with Gasteiger partial charge in [-0.05, 0) is 29.1 Å². The van der Waals surface area contributed by atoms with E-state index in [0.29, 0.717) is 6.42 Å². The molecule has 1 aliphatic rings. The molecule has 3 heterocycles. The molecule has 98 valence electrons. The van der Waals surface area contributed by atoms with E-state index >= 15 is 0 Å². The highest BCUT2D eigenvalue weighted by molar-refractivity contribution is 7.14. The van der Waals surface area contributed by atoms with Gasteiger partial charge >= 0.3 is 0 Å². The van der Waals surface area contributed by atoms with Crippen LogP contribution < -0.4 is 5.32 Å². The molecule has 2 aromatic heterocycles. The van der Waals surface area contributed by atoms with E-state index in [1.807, 2.05) is 12.1 Å². The van der Waals surface area contributed by atoms with Gasteiger partial charge in [0.15, 0.2) is 0 Å². The number of fused-ring (bicyclic) bond motifs is 1. The van der Waals surface area contributed by atoms with Gasteiger partial charge in [-0.25, -0.2) is 4.98 Å². The monoisotopic (exact) mass is 298 g/mol. The van der Waals surface area contributed by atoms with Crippen molar-refractivity contribution in [2.24, 2.45) is 0 Å². The summed E-state index contributed by atoms with van der Waals surface area (Å²) in [4.78, 5) is 16.1. The van der Waals surface area contributed by atoms with Crippen LogP contribution in [-0.4, -0.2) is 10.9 Å². The van der Waals surface area contributed by atoms with E-state index in [2.05, 4.69) is 38.6 Å². The summed E-state index contributed by atoms with van der Waals surface area (Å²) < 4.78 is 0. The zero-order valence-corrected chi connectivity index (χ0v) is 12.1. The number of anilines is 1. The summed E-state index contributed by atoms with van der Waals surface area (Å²) in [5, 5.41) is 10.1. The highest BCUT2D eigenvalue weighted by Crippen LogP contribution is 2.32. The fraction of sp³-hybridized carbons (Fsp3) is 0.0667. The van der Waals surface area contributed by atoms with Crippen molar-refractivity contribution in [3.05, 3.63) is 46.0 Å². The highest BCUT2D eigenvalue weighted by Gasteiger charge is 2.18. The molecule has 1 aromatic carbocycles. The second-order valence-electron chi connectivity index (χ2n) is 4.65. The molecule has 1 amide bonds. The average molecular weight is 298 g/mol. The Bertz CT molecular complexity index is 790. The molecular weight excluding hydrogens is 288 g/mol. The first-order chi connectivity index (χ1) is 9.79. The number of hydrogen-bond donors (Lipinski definition) is 1. The number of carbonyl (C=O) groups excluding carboxylic acids is 1. The van der Waals surface area contributed by atoms with Crippen LogP contribution in [0.1, 0.15) is 5.56 Å². The Morgan fingerprint density at radius 1 is 1.15 bits per heavy atom. The molecule has 5 heteroatoms. The Balaban J connectivity index is 1.72. The molecule has 0 aliphatic carbocycles. The van der Waals surface area contributed by atoms with Gasteiger partial charge in [0, 0.05) is 27.6 Å². The first kappa shape index (κ1) is 11.8. The van der Waals surface area contributed by atoms with Crippen molar-refractivity contribution in [3.8, 4) is 21.8 Å². The fourth-order valence-corrected chi connectivity index (χ4v) is 3.85. The largest absolute Gasteiger partial charge is 0.326 e. The zero-order valence-electron chi connectivity index (χ0n) is 10.4. The van der Waals surface area contributed by atoms with Crippen molar-refractivity contribution in [1.82, 2.24) is 4.98 Å². The lowest BCUT2D eigenvalue weighted by Crippen LogP contribution is -2.03. The summed E-state index contributed by atoms with van der Waals surface area (Å²) in [5.41, 5.74) is 5.19. The maximum atomic E-state index is 11.4. The molecular formula is C15H10N2OS2. The van der Waals surface area contributed by atoms with Crippen LogP contribution in [0.5, 0.6) is 0 Å². The molecule has 3 nitrogen and oxygen atoms in total. The van der Waals surface area contributed by atoms with Gasteiger partial charge < -0.3 is 5.32 Å². The second kappa shape index (κ2) is 4.54. The van der Waals surface area contributed by atoms with Crippen molar-refractivity contribution in [2.45, 2.75) is 6.42 Å². The number of carbonyl (C=O) groups is 1. The molecule has 0 saturated heterocycles. The Morgan fingerprint density at radius 3 is 2.95 bits per heavy atom. The average Bonchev–Trinajstić information content (AvgIpc) is 3.17. The minimum absolute atomic E-state index is 0.0642. The molecule has 1 aliphatic heterocycles. The van der Waals surface area contributed by atoms with Gasteiger partial charge in [0.25, 0.3) is 0 Å². The van der Waals surface area contributed by atoms with E-state index in [9.17, 15) is 4.79 Å². The van der Waals surface area contributed by atoms with Crippen LogP contribution in [0.4, 0.5) is 5.69 Å². The predicted molar refractivity (Wildman–Crippen MR) is 83.2 cm³/mol. The second-order valence-corrected chi connectivity index (χ2v) is 6.28. The number of aromatic nitrogens is 1. The van der Waals surface area contributed by atoms with E-state index in [0.717, 1.165) is 27.5 Å². The summed E-state index contributed by atoms with van der Waals surface area (Å²) in [6.45, 7) is 0. The van der Waals surface area contributed by atoms with Gasteiger partial charge in [-0.15, -0.1) is 11.3 Å². The van der Waals surface area contributed by atoms with Crippen molar-refractivity contribution >= 4 is 34.3 Å². The van der Waals surface area contributed by atoms with Crippen molar-refractivity contribution < 1.29 is 4.79 Å². The number of thiophene rings is 1. The zero-order chi connectivity index (χ0) is 13.5. The van der Waals surface area contributed by atoms with Gasteiger partial charge in [-0.1, -0.05) is 6.07 Å². The topological polar surface area (TPSA) is 42.0 Å². The molecule has 0 bridgehead atoms. The normalized spacial score (nSPS) is 13.3. The lowest BCUT2D eigenvalue weighted by molar-refractivity contribution is -0.115. The smallest absolute Gasteiger partial charge is 0.228 e. The third-order valence-electron chi connectivity index (χ3n) is 3.30. The van der Waals surface area contributed by atoms with Crippen LogP contribution in [0.2, 0.25) is 0 Å². The van der Waals surface area contributed by atoms with Gasteiger partial charge in [-0.2, -0.15) is 11.3 Å². The molecule has 20 heavy (non-hydrogen) atoms. The van der Waals surface area contributed by atoms with Crippen molar-refractivity contribution in [1.29, 1.82) is 0 Å². The molecule has 0 fully saturated rings. The van der Waals surface area contributed by atoms with E-state index in [-0.39, 0.29) is 5.91 Å². The standard InChI is InChI=1S/C15H10N2OS2/c18-14-6-11-5-9(1-2-12(11)16-14)13-8-20-15(17-13)10-3-4-19-7-10/h1-5,7-8H,6H2,(H,16,18). The molecule has 0 saturated carbocycles.